The largest absolute Gasteiger partial charge is 0.351 e. The fourth-order valence-corrected chi connectivity index (χ4v) is 5.37. The van der Waals surface area contributed by atoms with E-state index in [0.29, 0.717) is 24.6 Å². The molecule has 0 radical (unpaired) electrons. The lowest BCUT2D eigenvalue weighted by Crippen LogP contribution is -2.63. The number of carbonyl (C=O) groups is 2. The van der Waals surface area contributed by atoms with Gasteiger partial charge in [0.2, 0.25) is 5.91 Å². The number of nitrogens with one attached hydrogen (secondary N) is 1. The molecule has 5 heteroatoms. The van der Waals surface area contributed by atoms with E-state index in [1.54, 1.807) is 12.1 Å². The summed E-state index contributed by atoms with van der Waals surface area (Å²) in [7, 11) is 0. The van der Waals surface area contributed by atoms with E-state index in [9.17, 15) is 14.0 Å². The molecule has 31 heavy (non-hydrogen) atoms. The first-order chi connectivity index (χ1) is 14.9. The second kappa shape index (κ2) is 8.81. The van der Waals surface area contributed by atoms with Gasteiger partial charge in [0.1, 0.15) is 5.82 Å². The third kappa shape index (κ3) is 4.10. The Balaban J connectivity index is 1.72. The summed E-state index contributed by atoms with van der Waals surface area (Å²) in [6.07, 6.45) is 4.86. The number of rotatable bonds is 5. The monoisotopic (exact) mass is 422 g/mol. The molecule has 164 valence electrons. The van der Waals surface area contributed by atoms with Crippen molar-refractivity contribution < 1.29 is 14.0 Å². The van der Waals surface area contributed by atoms with Gasteiger partial charge in [0, 0.05) is 18.7 Å². The number of fused-ring (bicyclic) bond motifs is 1. The molecule has 1 aliphatic carbocycles. The Hall–Kier alpha value is -2.69. The second-order valence-electron chi connectivity index (χ2n) is 9.34. The highest BCUT2D eigenvalue weighted by Crippen LogP contribution is 2.49. The first-order valence-electron chi connectivity index (χ1n) is 11.4. The summed E-state index contributed by atoms with van der Waals surface area (Å²) < 4.78 is 13.2. The van der Waals surface area contributed by atoms with Crippen LogP contribution in [-0.4, -0.2) is 28.8 Å². The molecule has 1 fully saturated rings. The summed E-state index contributed by atoms with van der Waals surface area (Å²) in [6, 6.07) is 13.8. The molecule has 1 atom stereocenters. The van der Waals surface area contributed by atoms with E-state index in [4.69, 9.17) is 0 Å². The molecule has 1 unspecified atom stereocenters. The topological polar surface area (TPSA) is 49.4 Å². The quantitative estimate of drug-likeness (QED) is 0.734. The normalized spacial score (nSPS) is 20.1. The van der Waals surface area contributed by atoms with E-state index in [1.807, 2.05) is 29.2 Å². The molecule has 0 saturated heterocycles. The Morgan fingerprint density at radius 2 is 1.77 bits per heavy atom. The third-order valence-corrected chi connectivity index (χ3v) is 6.73. The highest BCUT2D eigenvalue weighted by molar-refractivity contribution is 6.02. The maximum Gasteiger partial charge on any atom is 0.254 e. The van der Waals surface area contributed by atoms with Crippen LogP contribution in [0.1, 0.15) is 73.4 Å². The van der Waals surface area contributed by atoms with Crippen LogP contribution in [-0.2, 0) is 11.3 Å². The Morgan fingerprint density at radius 3 is 2.45 bits per heavy atom. The van der Waals surface area contributed by atoms with Crippen LogP contribution in [0.15, 0.2) is 48.5 Å². The zero-order valence-electron chi connectivity index (χ0n) is 18.4. The van der Waals surface area contributed by atoms with Crippen molar-refractivity contribution in [2.75, 3.05) is 6.54 Å². The first-order valence-corrected chi connectivity index (χ1v) is 11.4. The Bertz CT molecular complexity index is 948. The molecular weight excluding hydrogens is 391 g/mol. The zero-order valence-corrected chi connectivity index (χ0v) is 18.4. The van der Waals surface area contributed by atoms with Gasteiger partial charge in [-0.05, 0) is 48.1 Å². The standard InChI is InChI=1S/C26H31FN2O2/c1-18(2)17-29-25(31)22-9-5-4-8-21(22)23(26(29)14-6-3-7-15-26)24(30)28-16-19-10-12-20(27)13-11-19/h4-5,8-13,18,23H,3,6-7,14-17H2,1-2H3,(H,28,30). The zero-order chi connectivity index (χ0) is 22.0. The van der Waals surface area contributed by atoms with E-state index in [2.05, 4.69) is 19.2 Å². The molecule has 2 aromatic carbocycles. The van der Waals surface area contributed by atoms with E-state index >= 15 is 0 Å². The summed E-state index contributed by atoms with van der Waals surface area (Å²) in [6.45, 7) is 5.22. The predicted molar refractivity (Wildman–Crippen MR) is 119 cm³/mol. The molecule has 1 N–H and O–H groups in total. The predicted octanol–water partition coefficient (Wildman–Crippen LogP) is 5.04. The van der Waals surface area contributed by atoms with Crippen molar-refractivity contribution >= 4 is 11.8 Å². The van der Waals surface area contributed by atoms with Crippen LogP contribution in [0.25, 0.3) is 0 Å². The van der Waals surface area contributed by atoms with Gasteiger partial charge in [-0.3, -0.25) is 9.59 Å². The van der Waals surface area contributed by atoms with Gasteiger partial charge >= 0.3 is 0 Å². The molecule has 1 saturated carbocycles. The lowest BCUT2D eigenvalue weighted by molar-refractivity contribution is -0.127. The van der Waals surface area contributed by atoms with Crippen molar-refractivity contribution in [1.29, 1.82) is 0 Å². The summed E-state index contributed by atoms with van der Waals surface area (Å²) in [4.78, 5) is 29.3. The minimum atomic E-state index is -0.485. The van der Waals surface area contributed by atoms with E-state index < -0.39 is 11.5 Å². The minimum Gasteiger partial charge on any atom is -0.351 e. The summed E-state index contributed by atoms with van der Waals surface area (Å²) >= 11 is 0. The van der Waals surface area contributed by atoms with Crippen molar-refractivity contribution in [1.82, 2.24) is 10.2 Å². The van der Waals surface area contributed by atoms with Gasteiger partial charge in [0.25, 0.3) is 5.91 Å². The minimum absolute atomic E-state index is 0.0498. The average molecular weight is 423 g/mol. The lowest BCUT2D eigenvalue weighted by Gasteiger charge is -2.54. The van der Waals surface area contributed by atoms with Crippen LogP contribution in [0.4, 0.5) is 4.39 Å². The molecule has 2 aromatic rings. The van der Waals surface area contributed by atoms with Crippen LogP contribution in [0, 0.1) is 11.7 Å². The van der Waals surface area contributed by atoms with E-state index in [0.717, 1.165) is 43.2 Å². The van der Waals surface area contributed by atoms with Crippen molar-refractivity contribution in [3.8, 4) is 0 Å². The highest BCUT2D eigenvalue weighted by atomic mass is 19.1. The van der Waals surface area contributed by atoms with Crippen LogP contribution in [0.2, 0.25) is 0 Å². The van der Waals surface area contributed by atoms with Crippen molar-refractivity contribution in [2.45, 2.75) is 64.0 Å². The molecule has 4 rings (SSSR count). The lowest BCUT2D eigenvalue weighted by atomic mass is 9.65. The van der Waals surface area contributed by atoms with Gasteiger partial charge in [-0.15, -0.1) is 0 Å². The van der Waals surface area contributed by atoms with Crippen molar-refractivity contribution in [3.05, 3.63) is 71.0 Å². The molecular formula is C26H31FN2O2. The number of nitrogens with zero attached hydrogens (tertiary/aromatic N) is 1. The first kappa shape index (κ1) is 21.5. The Morgan fingerprint density at radius 1 is 1.10 bits per heavy atom. The third-order valence-electron chi connectivity index (χ3n) is 6.73. The number of halogens is 1. The molecule has 1 aliphatic heterocycles. The number of amides is 2. The van der Waals surface area contributed by atoms with Gasteiger partial charge in [-0.25, -0.2) is 4.39 Å². The maximum absolute atomic E-state index is 13.7. The SMILES string of the molecule is CC(C)CN1C(=O)c2ccccc2C(C(=O)NCc2ccc(F)cc2)C12CCCCC2. The van der Waals surface area contributed by atoms with Gasteiger partial charge in [0.05, 0.1) is 11.5 Å². The smallest absolute Gasteiger partial charge is 0.254 e. The number of hydrogen-bond donors (Lipinski definition) is 1. The van der Waals surface area contributed by atoms with Crippen molar-refractivity contribution in [3.63, 3.8) is 0 Å². The molecule has 2 amide bonds. The fraction of sp³-hybridized carbons (Fsp3) is 0.462. The average Bonchev–Trinajstić information content (AvgIpc) is 2.77. The summed E-state index contributed by atoms with van der Waals surface area (Å²) in [5.74, 6) is -0.383. The molecule has 2 aliphatic rings. The van der Waals surface area contributed by atoms with Gasteiger partial charge < -0.3 is 10.2 Å². The number of hydrogen-bond acceptors (Lipinski definition) is 2. The molecule has 1 heterocycles. The van der Waals surface area contributed by atoms with Gasteiger partial charge in [-0.2, -0.15) is 0 Å². The molecule has 0 bridgehead atoms. The molecule has 4 nitrogen and oxygen atoms in total. The Labute approximate surface area is 183 Å². The second-order valence-corrected chi connectivity index (χ2v) is 9.34. The van der Waals surface area contributed by atoms with E-state index in [1.165, 1.54) is 12.1 Å². The molecule has 0 aromatic heterocycles. The fourth-order valence-electron chi connectivity index (χ4n) is 5.37. The van der Waals surface area contributed by atoms with Gasteiger partial charge in [0.15, 0.2) is 0 Å². The van der Waals surface area contributed by atoms with Crippen LogP contribution in [0.5, 0.6) is 0 Å². The number of benzene rings is 2. The Kier molecular flexibility index (Phi) is 6.12. The van der Waals surface area contributed by atoms with Crippen LogP contribution < -0.4 is 5.32 Å². The van der Waals surface area contributed by atoms with Crippen LogP contribution in [0.3, 0.4) is 0 Å². The van der Waals surface area contributed by atoms with E-state index in [-0.39, 0.29) is 17.6 Å². The van der Waals surface area contributed by atoms with Gasteiger partial charge in [-0.1, -0.05) is 63.4 Å². The molecule has 1 spiro atoms. The highest BCUT2D eigenvalue weighted by Gasteiger charge is 2.54. The summed E-state index contributed by atoms with van der Waals surface area (Å²) in [5.41, 5.74) is 1.85. The van der Waals surface area contributed by atoms with Crippen molar-refractivity contribution in [2.24, 2.45) is 5.92 Å². The summed E-state index contributed by atoms with van der Waals surface area (Å²) in [5, 5.41) is 3.09. The van der Waals surface area contributed by atoms with Crippen LogP contribution >= 0.6 is 0 Å². The number of carbonyl (C=O) groups excluding carboxylic acids is 2. The maximum atomic E-state index is 13.7.